The van der Waals surface area contributed by atoms with E-state index in [0.29, 0.717) is 21.0 Å². The Balaban J connectivity index is 2.17. The zero-order chi connectivity index (χ0) is 17.5. The van der Waals surface area contributed by atoms with Crippen molar-refractivity contribution in [3.8, 4) is 12.3 Å². The number of ether oxygens (including phenoxy) is 1. The molecule has 122 valence electrons. The van der Waals surface area contributed by atoms with Gasteiger partial charge in [-0.3, -0.25) is 9.59 Å². The molecule has 0 saturated heterocycles. The third-order valence-corrected chi connectivity index (χ3v) is 4.05. The summed E-state index contributed by atoms with van der Waals surface area (Å²) in [7, 11) is 1.27. The number of thiophene rings is 1. The van der Waals surface area contributed by atoms with Gasteiger partial charge in [0.1, 0.15) is 4.88 Å². The molecule has 2 amide bonds. The standard InChI is InChI=1S/C17H14N2O4S/c1-3-10-18-15(20)11-6-4-5-7-12(11)19-16(21)13-8-9-14(24-13)17(22)23-2/h1,4-9H,10H2,2H3,(H,18,20)(H,19,21). The van der Waals surface area contributed by atoms with Crippen LogP contribution in [0, 0.1) is 12.3 Å². The molecular weight excluding hydrogens is 328 g/mol. The second-order valence-electron chi connectivity index (χ2n) is 4.54. The van der Waals surface area contributed by atoms with Crippen LogP contribution < -0.4 is 10.6 Å². The van der Waals surface area contributed by atoms with E-state index in [1.165, 1.54) is 19.2 Å². The van der Waals surface area contributed by atoms with Gasteiger partial charge in [0.2, 0.25) is 0 Å². The molecule has 2 N–H and O–H groups in total. The van der Waals surface area contributed by atoms with E-state index in [1.54, 1.807) is 24.3 Å². The fraction of sp³-hybridized carbons (Fsp3) is 0.118. The summed E-state index contributed by atoms with van der Waals surface area (Å²) in [6.45, 7) is 0.0918. The second kappa shape index (κ2) is 7.94. The van der Waals surface area contributed by atoms with Crippen molar-refractivity contribution in [2.24, 2.45) is 0 Å². The smallest absolute Gasteiger partial charge is 0.348 e. The van der Waals surface area contributed by atoms with Crippen molar-refractivity contribution in [3.05, 3.63) is 51.7 Å². The predicted octanol–water partition coefficient (Wildman–Crippen LogP) is 2.15. The molecule has 0 fully saturated rings. The Morgan fingerprint density at radius 2 is 1.83 bits per heavy atom. The van der Waals surface area contributed by atoms with E-state index in [4.69, 9.17) is 6.42 Å². The summed E-state index contributed by atoms with van der Waals surface area (Å²) >= 11 is 1.01. The van der Waals surface area contributed by atoms with Crippen molar-refractivity contribution < 1.29 is 19.1 Å². The monoisotopic (exact) mass is 342 g/mol. The Bertz CT molecular complexity index is 820. The van der Waals surface area contributed by atoms with Crippen molar-refractivity contribution >= 4 is 34.8 Å². The Morgan fingerprint density at radius 1 is 1.12 bits per heavy atom. The Morgan fingerprint density at radius 3 is 2.54 bits per heavy atom. The molecule has 7 heteroatoms. The highest BCUT2D eigenvalue weighted by Gasteiger charge is 2.17. The van der Waals surface area contributed by atoms with Crippen LogP contribution in [0.2, 0.25) is 0 Å². The number of methoxy groups -OCH3 is 1. The van der Waals surface area contributed by atoms with Gasteiger partial charge in [-0.05, 0) is 24.3 Å². The number of benzene rings is 1. The number of terminal acetylenes is 1. The van der Waals surface area contributed by atoms with Crippen LogP contribution in [0.1, 0.15) is 29.7 Å². The van der Waals surface area contributed by atoms with Crippen molar-refractivity contribution in [1.29, 1.82) is 0 Å². The molecule has 2 rings (SSSR count). The van der Waals surface area contributed by atoms with Crippen LogP contribution in [0.15, 0.2) is 36.4 Å². The highest BCUT2D eigenvalue weighted by molar-refractivity contribution is 7.16. The van der Waals surface area contributed by atoms with E-state index in [9.17, 15) is 14.4 Å². The zero-order valence-corrected chi connectivity index (χ0v) is 13.6. The number of esters is 1. The Labute approximate surface area is 142 Å². The Hall–Kier alpha value is -3.11. The zero-order valence-electron chi connectivity index (χ0n) is 12.8. The number of hydrogen-bond donors (Lipinski definition) is 2. The van der Waals surface area contributed by atoms with Crippen molar-refractivity contribution in [2.75, 3.05) is 19.0 Å². The van der Waals surface area contributed by atoms with Crippen molar-refractivity contribution in [2.45, 2.75) is 0 Å². The van der Waals surface area contributed by atoms with Crippen LogP contribution in [0.4, 0.5) is 5.69 Å². The minimum absolute atomic E-state index is 0.0918. The topological polar surface area (TPSA) is 84.5 Å². The third-order valence-electron chi connectivity index (χ3n) is 2.99. The average molecular weight is 342 g/mol. The summed E-state index contributed by atoms with van der Waals surface area (Å²) in [4.78, 5) is 36.5. The van der Waals surface area contributed by atoms with Crippen LogP contribution in [-0.2, 0) is 4.74 Å². The van der Waals surface area contributed by atoms with Gasteiger partial charge in [0, 0.05) is 0 Å². The van der Waals surface area contributed by atoms with Gasteiger partial charge in [-0.15, -0.1) is 17.8 Å². The molecule has 1 aromatic heterocycles. The molecule has 0 saturated carbocycles. The number of carbonyl (C=O) groups is 3. The van der Waals surface area contributed by atoms with E-state index in [-0.39, 0.29) is 12.5 Å². The molecule has 24 heavy (non-hydrogen) atoms. The normalized spacial score (nSPS) is 9.67. The lowest BCUT2D eigenvalue weighted by Gasteiger charge is -2.09. The first-order valence-electron chi connectivity index (χ1n) is 6.87. The van der Waals surface area contributed by atoms with Crippen molar-refractivity contribution in [3.63, 3.8) is 0 Å². The molecule has 1 aromatic carbocycles. The fourth-order valence-corrected chi connectivity index (χ4v) is 2.69. The summed E-state index contributed by atoms with van der Waals surface area (Å²) in [5.74, 6) is 0.998. The molecule has 0 spiro atoms. The molecule has 1 heterocycles. The maximum absolute atomic E-state index is 12.3. The second-order valence-corrected chi connectivity index (χ2v) is 5.63. The predicted molar refractivity (Wildman–Crippen MR) is 91.2 cm³/mol. The minimum Gasteiger partial charge on any atom is -0.465 e. The van der Waals surface area contributed by atoms with E-state index in [1.807, 2.05) is 0 Å². The summed E-state index contributed by atoms with van der Waals surface area (Å²) in [5.41, 5.74) is 0.649. The van der Waals surface area contributed by atoms with E-state index < -0.39 is 11.9 Å². The number of para-hydroxylation sites is 1. The quantitative estimate of drug-likeness (QED) is 0.644. The van der Waals surface area contributed by atoms with Gasteiger partial charge < -0.3 is 15.4 Å². The first kappa shape index (κ1) is 17.2. The molecule has 2 aromatic rings. The summed E-state index contributed by atoms with van der Waals surface area (Å²) in [5, 5.41) is 5.21. The number of carbonyl (C=O) groups excluding carboxylic acids is 3. The van der Waals surface area contributed by atoms with Gasteiger partial charge in [-0.2, -0.15) is 0 Å². The molecule has 0 bridgehead atoms. The van der Waals surface area contributed by atoms with Crippen LogP contribution in [0.3, 0.4) is 0 Å². The number of nitrogens with one attached hydrogen (secondary N) is 2. The molecular formula is C17H14N2O4S. The summed E-state index contributed by atoms with van der Waals surface area (Å²) in [6.07, 6.45) is 5.12. The molecule has 0 aliphatic heterocycles. The number of anilines is 1. The summed E-state index contributed by atoms with van der Waals surface area (Å²) in [6, 6.07) is 9.60. The van der Waals surface area contributed by atoms with Crippen LogP contribution in [0.25, 0.3) is 0 Å². The van der Waals surface area contributed by atoms with E-state index in [0.717, 1.165) is 11.3 Å². The van der Waals surface area contributed by atoms with Crippen LogP contribution in [0.5, 0.6) is 0 Å². The number of hydrogen-bond acceptors (Lipinski definition) is 5. The maximum atomic E-state index is 12.3. The van der Waals surface area contributed by atoms with Gasteiger partial charge in [0.05, 0.1) is 29.8 Å². The highest BCUT2D eigenvalue weighted by Crippen LogP contribution is 2.21. The molecule has 0 aliphatic carbocycles. The van der Waals surface area contributed by atoms with Gasteiger partial charge in [0.25, 0.3) is 11.8 Å². The number of rotatable bonds is 5. The van der Waals surface area contributed by atoms with Crippen LogP contribution in [-0.4, -0.2) is 31.4 Å². The lowest BCUT2D eigenvalue weighted by molar-refractivity contribution is 0.0606. The van der Waals surface area contributed by atoms with E-state index >= 15 is 0 Å². The lowest BCUT2D eigenvalue weighted by Crippen LogP contribution is -2.25. The fourth-order valence-electron chi connectivity index (χ4n) is 1.87. The molecule has 0 unspecified atom stereocenters. The van der Waals surface area contributed by atoms with E-state index in [2.05, 4.69) is 21.3 Å². The first-order chi connectivity index (χ1) is 11.6. The third kappa shape index (κ3) is 4.00. The van der Waals surface area contributed by atoms with Crippen molar-refractivity contribution in [1.82, 2.24) is 5.32 Å². The van der Waals surface area contributed by atoms with Gasteiger partial charge in [0.15, 0.2) is 0 Å². The average Bonchev–Trinajstić information content (AvgIpc) is 3.09. The molecule has 0 atom stereocenters. The largest absolute Gasteiger partial charge is 0.465 e. The molecule has 6 nitrogen and oxygen atoms in total. The first-order valence-corrected chi connectivity index (χ1v) is 7.68. The minimum atomic E-state index is -0.506. The number of amides is 2. The van der Waals surface area contributed by atoms with Gasteiger partial charge in [-0.1, -0.05) is 18.1 Å². The molecule has 0 radical (unpaired) electrons. The van der Waals surface area contributed by atoms with Gasteiger partial charge in [-0.25, -0.2) is 4.79 Å². The summed E-state index contributed by atoms with van der Waals surface area (Å²) < 4.78 is 4.61. The maximum Gasteiger partial charge on any atom is 0.348 e. The highest BCUT2D eigenvalue weighted by atomic mass is 32.1. The molecule has 0 aliphatic rings. The SMILES string of the molecule is C#CCNC(=O)c1ccccc1NC(=O)c1ccc(C(=O)OC)s1. The van der Waals surface area contributed by atoms with Gasteiger partial charge >= 0.3 is 5.97 Å². The Kier molecular flexibility index (Phi) is 5.71. The van der Waals surface area contributed by atoms with Crippen LogP contribution >= 0.6 is 11.3 Å². The lowest BCUT2D eigenvalue weighted by atomic mass is 10.1.